The molecular weight excluding hydrogens is 268 g/mol. The molecule has 21 heavy (non-hydrogen) atoms. The summed E-state index contributed by atoms with van der Waals surface area (Å²) in [5.74, 6) is 0.876. The van der Waals surface area contributed by atoms with E-state index in [2.05, 4.69) is 35.9 Å². The van der Waals surface area contributed by atoms with Crippen LogP contribution < -0.4 is 15.4 Å². The third kappa shape index (κ3) is 3.05. The molecule has 1 aliphatic rings. The van der Waals surface area contributed by atoms with Gasteiger partial charge in [0.25, 0.3) is 0 Å². The predicted octanol–water partition coefficient (Wildman–Crippen LogP) is 1.32. The van der Waals surface area contributed by atoms with E-state index in [-0.39, 0.29) is 11.4 Å². The van der Waals surface area contributed by atoms with Gasteiger partial charge in [0.2, 0.25) is 0 Å². The normalized spacial score (nSPS) is 19.6. The first-order valence-electron chi connectivity index (χ1n) is 7.01. The summed E-state index contributed by atoms with van der Waals surface area (Å²) in [6, 6.07) is 5.58. The number of hydrogen-bond acceptors (Lipinski definition) is 5. The van der Waals surface area contributed by atoms with E-state index in [9.17, 15) is 0 Å². The third-order valence-corrected chi connectivity index (χ3v) is 4.25. The minimum Gasteiger partial charge on any atom is -0.497 e. The molecule has 0 spiro atoms. The molecule has 0 amide bonds. The molecule has 1 saturated heterocycles. The first kappa shape index (κ1) is 15.4. The van der Waals surface area contributed by atoms with Crippen molar-refractivity contribution >= 4 is 11.5 Å². The molecule has 0 atom stereocenters. The van der Waals surface area contributed by atoms with Crippen molar-refractivity contribution in [2.75, 3.05) is 38.7 Å². The lowest BCUT2D eigenvalue weighted by atomic mass is 9.98. The monoisotopic (exact) mass is 292 g/mol. The number of rotatable bonds is 3. The maximum atomic E-state index is 8.99. The van der Waals surface area contributed by atoms with Crippen molar-refractivity contribution < 1.29 is 9.94 Å². The summed E-state index contributed by atoms with van der Waals surface area (Å²) >= 11 is 0. The molecule has 116 valence electrons. The Kier molecular flexibility index (Phi) is 4.27. The van der Waals surface area contributed by atoms with Crippen molar-refractivity contribution in [1.82, 2.24) is 4.90 Å². The number of amidine groups is 1. The average Bonchev–Trinajstić information content (AvgIpc) is 2.48. The fourth-order valence-electron chi connectivity index (χ4n) is 2.62. The minimum atomic E-state index is 0.0592. The topological polar surface area (TPSA) is 74.3 Å². The highest BCUT2D eigenvalue weighted by Gasteiger charge is 2.32. The van der Waals surface area contributed by atoms with Gasteiger partial charge >= 0.3 is 0 Å². The summed E-state index contributed by atoms with van der Waals surface area (Å²) in [5.41, 5.74) is 7.53. The van der Waals surface area contributed by atoms with Gasteiger partial charge < -0.3 is 20.6 Å². The summed E-state index contributed by atoms with van der Waals surface area (Å²) in [6.45, 7) is 7.13. The van der Waals surface area contributed by atoms with Crippen LogP contribution in [0.2, 0.25) is 0 Å². The summed E-state index contributed by atoms with van der Waals surface area (Å²) in [4.78, 5) is 4.60. The SMILES string of the molecule is COc1ccc(/C(N)=N/O)c(N2CCN(C)C(C)(C)C2)c1. The zero-order valence-corrected chi connectivity index (χ0v) is 13.1. The Balaban J connectivity index is 2.41. The molecule has 0 bridgehead atoms. The van der Waals surface area contributed by atoms with Gasteiger partial charge in [0.05, 0.1) is 12.8 Å². The molecule has 0 unspecified atom stereocenters. The molecule has 6 heteroatoms. The van der Waals surface area contributed by atoms with Crippen LogP contribution in [0.25, 0.3) is 0 Å². The Hall–Kier alpha value is -1.95. The number of benzene rings is 1. The molecule has 6 nitrogen and oxygen atoms in total. The van der Waals surface area contributed by atoms with Crippen LogP contribution in [0.4, 0.5) is 5.69 Å². The van der Waals surface area contributed by atoms with Gasteiger partial charge in [0, 0.05) is 36.8 Å². The van der Waals surface area contributed by atoms with Crippen LogP contribution in [0.1, 0.15) is 19.4 Å². The smallest absolute Gasteiger partial charge is 0.172 e. The second-order valence-corrected chi connectivity index (χ2v) is 6.02. The Morgan fingerprint density at radius 2 is 2.10 bits per heavy atom. The van der Waals surface area contributed by atoms with Crippen LogP contribution in [0.5, 0.6) is 5.75 Å². The lowest BCUT2D eigenvalue weighted by molar-refractivity contribution is 0.139. The van der Waals surface area contributed by atoms with Crippen molar-refractivity contribution in [2.45, 2.75) is 19.4 Å². The van der Waals surface area contributed by atoms with Gasteiger partial charge in [-0.05, 0) is 33.0 Å². The first-order valence-corrected chi connectivity index (χ1v) is 7.01. The van der Waals surface area contributed by atoms with Crippen LogP contribution >= 0.6 is 0 Å². The summed E-state index contributed by atoms with van der Waals surface area (Å²) in [5, 5.41) is 12.1. The standard InChI is InChI=1S/C15H24N4O2/c1-15(2)10-19(8-7-18(15)3)13-9-11(21-4)5-6-12(13)14(16)17-20/h5-6,9,20H,7-8,10H2,1-4H3,(H2,16,17). The number of piperazine rings is 1. The second kappa shape index (κ2) is 5.81. The van der Waals surface area contributed by atoms with Crippen LogP contribution in [-0.2, 0) is 0 Å². The van der Waals surface area contributed by atoms with E-state index in [0.29, 0.717) is 0 Å². The number of hydrogen-bond donors (Lipinski definition) is 2. The van der Waals surface area contributed by atoms with Crippen molar-refractivity contribution in [3.63, 3.8) is 0 Å². The fraction of sp³-hybridized carbons (Fsp3) is 0.533. The van der Waals surface area contributed by atoms with Gasteiger partial charge in [-0.3, -0.25) is 4.90 Å². The van der Waals surface area contributed by atoms with Crippen molar-refractivity contribution in [3.8, 4) is 5.75 Å². The molecule has 0 radical (unpaired) electrons. The number of nitrogens with zero attached hydrogens (tertiary/aromatic N) is 3. The maximum Gasteiger partial charge on any atom is 0.172 e. The van der Waals surface area contributed by atoms with E-state index >= 15 is 0 Å². The molecular formula is C15H24N4O2. The molecule has 1 aliphatic heterocycles. The van der Waals surface area contributed by atoms with E-state index in [1.54, 1.807) is 7.11 Å². The zero-order chi connectivity index (χ0) is 15.6. The number of oxime groups is 1. The van der Waals surface area contributed by atoms with Gasteiger partial charge in [-0.15, -0.1) is 0 Å². The molecule has 1 aromatic carbocycles. The van der Waals surface area contributed by atoms with Crippen LogP contribution in [-0.4, -0.2) is 55.3 Å². The predicted molar refractivity (Wildman–Crippen MR) is 84.4 cm³/mol. The quantitative estimate of drug-likeness (QED) is 0.380. The highest BCUT2D eigenvalue weighted by molar-refractivity contribution is 6.02. The number of methoxy groups -OCH3 is 1. The van der Waals surface area contributed by atoms with Gasteiger partial charge in [0.1, 0.15) is 5.75 Å². The van der Waals surface area contributed by atoms with E-state index in [1.807, 2.05) is 18.2 Å². The lowest BCUT2D eigenvalue weighted by Crippen LogP contribution is -2.58. The van der Waals surface area contributed by atoms with Crippen molar-refractivity contribution in [3.05, 3.63) is 23.8 Å². The largest absolute Gasteiger partial charge is 0.497 e. The van der Waals surface area contributed by atoms with Gasteiger partial charge in [-0.2, -0.15) is 0 Å². The summed E-state index contributed by atoms with van der Waals surface area (Å²) < 4.78 is 5.31. The van der Waals surface area contributed by atoms with Crippen LogP contribution in [0.15, 0.2) is 23.4 Å². The molecule has 0 saturated carbocycles. The van der Waals surface area contributed by atoms with Crippen LogP contribution in [0, 0.1) is 0 Å². The van der Waals surface area contributed by atoms with E-state index < -0.39 is 0 Å². The molecule has 1 fully saturated rings. The highest BCUT2D eigenvalue weighted by atomic mass is 16.5. The Bertz CT molecular complexity index is 542. The number of ether oxygens (including phenoxy) is 1. The van der Waals surface area contributed by atoms with E-state index in [1.165, 1.54) is 0 Å². The molecule has 2 rings (SSSR count). The molecule has 3 N–H and O–H groups in total. The molecule has 0 aromatic heterocycles. The summed E-state index contributed by atoms with van der Waals surface area (Å²) in [6.07, 6.45) is 0. The second-order valence-electron chi connectivity index (χ2n) is 6.02. The van der Waals surface area contributed by atoms with Gasteiger partial charge in [0.15, 0.2) is 5.84 Å². The van der Waals surface area contributed by atoms with Gasteiger partial charge in [-0.1, -0.05) is 5.16 Å². The van der Waals surface area contributed by atoms with E-state index in [4.69, 9.17) is 15.7 Å². The number of likely N-dealkylation sites (N-methyl/N-ethyl adjacent to an activating group) is 1. The maximum absolute atomic E-state index is 8.99. The first-order chi connectivity index (χ1) is 9.89. The minimum absolute atomic E-state index is 0.0592. The van der Waals surface area contributed by atoms with Gasteiger partial charge in [-0.25, -0.2) is 0 Å². The summed E-state index contributed by atoms with van der Waals surface area (Å²) in [7, 11) is 3.77. The lowest BCUT2D eigenvalue weighted by Gasteiger charge is -2.46. The zero-order valence-electron chi connectivity index (χ0n) is 13.1. The Labute approximate surface area is 125 Å². The number of anilines is 1. The highest BCUT2D eigenvalue weighted by Crippen LogP contribution is 2.30. The van der Waals surface area contributed by atoms with E-state index in [0.717, 1.165) is 36.6 Å². The van der Waals surface area contributed by atoms with Crippen molar-refractivity contribution in [1.29, 1.82) is 0 Å². The molecule has 1 heterocycles. The Morgan fingerprint density at radius 1 is 1.38 bits per heavy atom. The van der Waals surface area contributed by atoms with Crippen LogP contribution in [0.3, 0.4) is 0 Å². The molecule has 0 aliphatic carbocycles. The van der Waals surface area contributed by atoms with Crippen molar-refractivity contribution in [2.24, 2.45) is 10.9 Å². The molecule has 1 aromatic rings. The third-order valence-electron chi connectivity index (χ3n) is 4.25. The fourth-order valence-corrected chi connectivity index (χ4v) is 2.62. The number of nitrogens with two attached hydrogens (primary N) is 1. The Morgan fingerprint density at radius 3 is 2.67 bits per heavy atom. The average molecular weight is 292 g/mol.